The summed E-state index contributed by atoms with van der Waals surface area (Å²) in [4.78, 5) is 0. The van der Waals surface area contributed by atoms with E-state index in [2.05, 4.69) is 11.2 Å². The monoisotopic (exact) mass is 221 g/mol. The first-order valence-corrected chi connectivity index (χ1v) is 5.17. The van der Waals surface area contributed by atoms with E-state index in [1.807, 2.05) is 48.5 Å². The predicted molar refractivity (Wildman–Crippen MR) is 68.4 cm³/mol. The van der Waals surface area contributed by atoms with E-state index >= 15 is 0 Å². The van der Waals surface area contributed by atoms with Crippen molar-refractivity contribution in [1.29, 1.82) is 5.26 Å². The molecule has 82 valence electrons. The third kappa shape index (κ3) is 2.50. The standard InChI is InChI=1S/C14H11N3/c15-9-11-1-5-13(6-2-11)14-7-3-12(4-8-14)10-17-16/h1-8,10H,16H2. The van der Waals surface area contributed by atoms with Crippen LogP contribution < -0.4 is 5.84 Å². The van der Waals surface area contributed by atoms with E-state index < -0.39 is 0 Å². The number of rotatable bonds is 2. The smallest absolute Gasteiger partial charge is 0.0991 e. The maximum absolute atomic E-state index is 8.72. The van der Waals surface area contributed by atoms with Crippen LogP contribution >= 0.6 is 0 Å². The van der Waals surface area contributed by atoms with E-state index in [0.29, 0.717) is 5.56 Å². The minimum Gasteiger partial charge on any atom is -0.323 e. The van der Waals surface area contributed by atoms with Gasteiger partial charge in [0, 0.05) is 0 Å². The lowest BCUT2D eigenvalue weighted by molar-refractivity contribution is 1.26. The molecule has 2 rings (SSSR count). The van der Waals surface area contributed by atoms with Crippen molar-refractivity contribution in [3.05, 3.63) is 59.7 Å². The molecule has 2 aromatic carbocycles. The van der Waals surface area contributed by atoms with E-state index in [4.69, 9.17) is 11.1 Å². The summed E-state index contributed by atoms with van der Waals surface area (Å²) in [6.07, 6.45) is 1.60. The van der Waals surface area contributed by atoms with Crippen molar-refractivity contribution >= 4 is 6.21 Å². The Kier molecular flexibility index (Phi) is 3.18. The Hall–Kier alpha value is -2.60. The van der Waals surface area contributed by atoms with Gasteiger partial charge in [0.15, 0.2) is 0 Å². The average Bonchev–Trinajstić information content (AvgIpc) is 2.40. The van der Waals surface area contributed by atoms with Gasteiger partial charge in [0.1, 0.15) is 0 Å². The van der Waals surface area contributed by atoms with Gasteiger partial charge in [0.2, 0.25) is 0 Å². The summed E-state index contributed by atoms with van der Waals surface area (Å²) in [7, 11) is 0. The van der Waals surface area contributed by atoms with E-state index in [9.17, 15) is 0 Å². The highest BCUT2D eigenvalue weighted by Gasteiger charge is 1.97. The van der Waals surface area contributed by atoms with Crippen LogP contribution in [-0.2, 0) is 0 Å². The Morgan fingerprint density at radius 1 is 0.941 bits per heavy atom. The maximum atomic E-state index is 8.72. The molecule has 0 heterocycles. The summed E-state index contributed by atoms with van der Waals surface area (Å²) in [6.45, 7) is 0. The number of benzene rings is 2. The highest BCUT2D eigenvalue weighted by atomic mass is 15.1. The molecule has 0 aliphatic rings. The van der Waals surface area contributed by atoms with E-state index in [1.54, 1.807) is 6.21 Å². The van der Waals surface area contributed by atoms with Crippen LogP contribution in [0.3, 0.4) is 0 Å². The topological polar surface area (TPSA) is 62.2 Å². The third-order valence-corrected chi connectivity index (χ3v) is 2.48. The zero-order chi connectivity index (χ0) is 12.1. The molecular weight excluding hydrogens is 210 g/mol. The number of hydrogen-bond acceptors (Lipinski definition) is 3. The SMILES string of the molecule is N#Cc1ccc(-c2ccc(C=NN)cc2)cc1. The molecule has 0 amide bonds. The predicted octanol–water partition coefficient (Wildman–Crippen LogP) is 2.52. The Labute approximate surface area is 99.8 Å². The van der Waals surface area contributed by atoms with Crippen molar-refractivity contribution in [3.8, 4) is 17.2 Å². The van der Waals surface area contributed by atoms with Crippen molar-refractivity contribution in [2.75, 3.05) is 0 Å². The van der Waals surface area contributed by atoms with Gasteiger partial charge >= 0.3 is 0 Å². The molecular formula is C14H11N3. The molecule has 0 aromatic heterocycles. The molecule has 0 radical (unpaired) electrons. The molecule has 0 atom stereocenters. The zero-order valence-electron chi connectivity index (χ0n) is 9.17. The molecule has 0 spiro atoms. The van der Waals surface area contributed by atoms with Gasteiger partial charge in [0.25, 0.3) is 0 Å². The summed E-state index contributed by atoms with van der Waals surface area (Å²) in [5.74, 6) is 5.08. The number of hydrogen-bond donors (Lipinski definition) is 1. The van der Waals surface area contributed by atoms with Crippen LogP contribution in [0, 0.1) is 11.3 Å². The van der Waals surface area contributed by atoms with Crippen LogP contribution in [0.2, 0.25) is 0 Å². The Morgan fingerprint density at radius 3 is 1.94 bits per heavy atom. The van der Waals surface area contributed by atoms with Crippen LogP contribution in [0.25, 0.3) is 11.1 Å². The van der Waals surface area contributed by atoms with E-state index in [0.717, 1.165) is 16.7 Å². The van der Waals surface area contributed by atoms with Crippen molar-refractivity contribution in [2.24, 2.45) is 10.9 Å². The fraction of sp³-hybridized carbons (Fsp3) is 0. The first kappa shape index (κ1) is 10.9. The molecule has 0 unspecified atom stereocenters. The van der Waals surface area contributed by atoms with Crippen molar-refractivity contribution in [1.82, 2.24) is 0 Å². The highest BCUT2D eigenvalue weighted by Crippen LogP contribution is 2.19. The molecule has 2 N–H and O–H groups in total. The van der Waals surface area contributed by atoms with Crippen LogP contribution in [0.15, 0.2) is 53.6 Å². The molecule has 3 heteroatoms. The third-order valence-electron chi connectivity index (χ3n) is 2.48. The molecule has 3 nitrogen and oxygen atoms in total. The van der Waals surface area contributed by atoms with Gasteiger partial charge in [-0.2, -0.15) is 10.4 Å². The second-order valence-corrected chi connectivity index (χ2v) is 3.59. The average molecular weight is 221 g/mol. The summed E-state index contributed by atoms with van der Waals surface area (Å²) in [5, 5.41) is 12.2. The maximum Gasteiger partial charge on any atom is 0.0991 e. The van der Waals surface area contributed by atoms with Gasteiger partial charge in [-0.1, -0.05) is 36.4 Å². The molecule has 0 saturated heterocycles. The first-order valence-electron chi connectivity index (χ1n) is 5.17. The normalized spacial score (nSPS) is 10.3. The van der Waals surface area contributed by atoms with Crippen LogP contribution in [-0.4, -0.2) is 6.21 Å². The van der Waals surface area contributed by atoms with Crippen LogP contribution in [0.1, 0.15) is 11.1 Å². The highest BCUT2D eigenvalue weighted by molar-refractivity contribution is 5.80. The minimum atomic E-state index is 0.667. The number of nitrogens with two attached hydrogens (primary N) is 1. The van der Waals surface area contributed by atoms with E-state index in [-0.39, 0.29) is 0 Å². The summed E-state index contributed by atoms with van der Waals surface area (Å²) in [6, 6.07) is 17.5. The molecule has 17 heavy (non-hydrogen) atoms. The second-order valence-electron chi connectivity index (χ2n) is 3.59. The summed E-state index contributed by atoms with van der Waals surface area (Å²) in [5.41, 5.74) is 3.81. The largest absolute Gasteiger partial charge is 0.323 e. The van der Waals surface area contributed by atoms with Gasteiger partial charge < -0.3 is 5.84 Å². The molecule has 0 bridgehead atoms. The molecule has 0 aliphatic carbocycles. The lowest BCUT2D eigenvalue weighted by atomic mass is 10.0. The second kappa shape index (κ2) is 4.95. The number of nitrogens with zero attached hydrogens (tertiary/aromatic N) is 2. The molecule has 0 fully saturated rings. The van der Waals surface area contributed by atoms with Gasteiger partial charge in [-0.3, -0.25) is 0 Å². The molecule has 0 aliphatic heterocycles. The van der Waals surface area contributed by atoms with Gasteiger partial charge in [-0.15, -0.1) is 0 Å². The number of nitriles is 1. The van der Waals surface area contributed by atoms with Crippen molar-refractivity contribution < 1.29 is 0 Å². The lowest BCUT2D eigenvalue weighted by Crippen LogP contribution is -1.86. The fourth-order valence-electron chi connectivity index (χ4n) is 1.58. The van der Waals surface area contributed by atoms with Crippen LogP contribution in [0.4, 0.5) is 0 Å². The molecule has 0 saturated carbocycles. The molecule has 2 aromatic rings. The Morgan fingerprint density at radius 2 is 1.47 bits per heavy atom. The van der Waals surface area contributed by atoms with E-state index in [1.165, 1.54) is 0 Å². The van der Waals surface area contributed by atoms with Crippen molar-refractivity contribution in [2.45, 2.75) is 0 Å². The van der Waals surface area contributed by atoms with Gasteiger partial charge in [-0.25, -0.2) is 0 Å². The summed E-state index contributed by atoms with van der Waals surface area (Å²) >= 11 is 0. The lowest BCUT2D eigenvalue weighted by Gasteiger charge is -2.02. The quantitative estimate of drug-likeness (QED) is 0.481. The zero-order valence-corrected chi connectivity index (χ0v) is 9.17. The Bertz CT molecular complexity index is 560. The van der Waals surface area contributed by atoms with Gasteiger partial charge in [-0.05, 0) is 28.8 Å². The van der Waals surface area contributed by atoms with Gasteiger partial charge in [0.05, 0.1) is 17.8 Å². The Balaban J connectivity index is 2.30. The van der Waals surface area contributed by atoms with Crippen LogP contribution in [0.5, 0.6) is 0 Å². The first-order chi connectivity index (χ1) is 8.33. The van der Waals surface area contributed by atoms with Crippen molar-refractivity contribution in [3.63, 3.8) is 0 Å². The number of hydrazone groups is 1. The minimum absolute atomic E-state index is 0.667. The fourth-order valence-corrected chi connectivity index (χ4v) is 1.58. The summed E-state index contributed by atoms with van der Waals surface area (Å²) < 4.78 is 0.